The molecule has 2 amide bonds. The molecule has 6 heteroatoms. The van der Waals surface area contributed by atoms with Crippen molar-refractivity contribution in [2.75, 3.05) is 13.1 Å². The van der Waals surface area contributed by atoms with Gasteiger partial charge in [-0.1, -0.05) is 43.7 Å². The molecule has 0 atom stereocenters. The summed E-state index contributed by atoms with van der Waals surface area (Å²) in [4.78, 5) is 29.4. The molecule has 0 fully saturated rings. The van der Waals surface area contributed by atoms with Gasteiger partial charge in [0.15, 0.2) is 0 Å². The SMILES string of the molecule is Cc1cccc(C(=O)NCCc2nc3ccccc3n2CC(=O)NCC(C)C)c1. The van der Waals surface area contributed by atoms with E-state index in [-0.39, 0.29) is 18.4 Å². The number of aryl methyl sites for hydroxylation is 1. The number of nitrogens with one attached hydrogen (secondary N) is 2. The number of amides is 2. The quantitative estimate of drug-likeness (QED) is 0.619. The predicted molar refractivity (Wildman–Crippen MR) is 115 cm³/mol. The van der Waals surface area contributed by atoms with E-state index >= 15 is 0 Å². The Bertz CT molecular complexity index is 1010. The van der Waals surface area contributed by atoms with Gasteiger partial charge in [0.2, 0.25) is 5.91 Å². The van der Waals surface area contributed by atoms with Gasteiger partial charge in [-0.3, -0.25) is 9.59 Å². The fourth-order valence-corrected chi connectivity index (χ4v) is 3.19. The average molecular weight is 393 g/mol. The topological polar surface area (TPSA) is 76.0 Å². The fourth-order valence-electron chi connectivity index (χ4n) is 3.19. The second kappa shape index (κ2) is 9.37. The van der Waals surface area contributed by atoms with Crippen LogP contribution in [0.5, 0.6) is 0 Å². The van der Waals surface area contributed by atoms with Crippen molar-refractivity contribution in [1.29, 1.82) is 0 Å². The molecule has 1 aromatic heterocycles. The zero-order valence-corrected chi connectivity index (χ0v) is 17.2. The third-order valence-corrected chi connectivity index (χ3v) is 4.66. The van der Waals surface area contributed by atoms with Crippen molar-refractivity contribution in [2.45, 2.75) is 33.7 Å². The van der Waals surface area contributed by atoms with Gasteiger partial charge in [0.25, 0.3) is 5.91 Å². The third kappa shape index (κ3) is 5.44. The maximum absolute atomic E-state index is 12.4. The molecule has 3 rings (SSSR count). The molecule has 0 spiro atoms. The highest BCUT2D eigenvalue weighted by molar-refractivity contribution is 5.94. The molecule has 0 aliphatic carbocycles. The molecule has 0 aliphatic rings. The molecule has 0 unspecified atom stereocenters. The van der Waals surface area contributed by atoms with Gasteiger partial charge < -0.3 is 15.2 Å². The number of imidazole rings is 1. The maximum Gasteiger partial charge on any atom is 0.251 e. The monoisotopic (exact) mass is 392 g/mol. The molecule has 6 nitrogen and oxygen atoms in total. The van der Waals surface area contributed by atoms with Crippen molar-refractivity contribution >= 4 is 22.8 Å². The Morgan fingerprint density at radius 1 is 1.07 bits per heavy atom. The average Bonchev–Trinajstić information content (AvgIpc) is 3.03. The molecule has 152 valence electrons. The van der Waals surface area contributed by atoms with E-state index in [0.717, 1.165) is 22.4 Å². The van der Waals surface area contributed by atoms with E-state index in [9.17, 15) is 9.59 Å². The van der Waals surface area contributed by atoms with Gasteiger partial charge in [0.05, 0.1) is 11.0 Å². The highest BCUT2D eigenvalue weighted by Gasteiger charge is 2.14. The summed E-state index contributed by atoms with van der Waals surface area (Å²) < 4.78 is 1.93. The van der Waals surface area contributed by atoms with Crippen LogP contribution in [0.15, 0.2) is 48.5 Å². The lowest BCUT2D eigenvalue weighted by Crippen LogP contribution is -2.31. The first-order valence-electron chi connectivity index (χ1n) is 9.99. The van der Waals surface area contributed by atoms with E-state index in [4.69, 9.17) is 0 Å². The summed E-state index contributed by atoms with van der Waals surface area (Å²) in [6.07, 6.45) is 0.545. The highest BCUT2D eigenvalue weighted by atomic mass is 16.2. The summed E-state index contributed by atoms with van der Waals surface area (Å²) in [7, 11) is 0. The number of fused-ring (bicyclic) bond motifs is 1. The maximum atomic E-state index is 12.4. The number of carbonyl (C=O) groups excluding carboxylic acids is 2. The Hall–Kier alpha value is -3.15. The second-order valence-electron chi connectivity index (χ2n) is 7.68. The molecular weight excluding hydrogens is 364 g/mol. The Labute approximate surface area is 171 Å². The highest BCUT2D eigenvalue weighted by Crippen LogP contribution is 2.16. The first kappa shape index (κ1) is 20.6. The van der Waals surface area contributed by atoms with Crippen LogP contribution in [0.2, 0.25) is 0 Å². The number of aromatic nitrogens is 2. The summed E-state index contributed by atoms with van der Waals surface area (Å²) >= 11 is 0. The van der Waals surface area contributed by atoms with Crippen LogP contribution in [-0.4, -0.2) is 34.5 Å². The zero-order chi connectivity index (χ0) is 20.8. The molecule has 3 aromatic rings. The van der Waals surface area contributed by atoms with Crippen LogP contribution in [0.1, 0.15) is 35.6 Å². The van der Waals surface area contributed by atoms with Crippen molar-refractivity contribution in [3.8, 4) is 0 Å². The van der Waals surface area contributed by atoms with Crippen LogP contribution >= 0.6 is 0 Å². The summed E-state index contributed by atoms with van der Waals surface area (Å²) in [6.45, 7) is 7.40. The lowest BCUT2D eigenvalue weighted by molar-refractivity contribution is -0.121. The van der Waals surface area contributed by atoms with Gasteiger partial charge in [0, 0.05) is 25.1 Å². The molecule has 1 heterocycles. The van der Waals surface area contributed by atoms with E-state index in [1.54, 1.807) is 6.07 Å². The molecule has 0 aliphatic heterocycles. The Kier molecular flexibility index (Phi) is 6.65. The van der Waals surface area contributed by atoms with Gasteiger partial charge in [-0.05, 0) is 37.1 Å². The van der Waals surface area contributed by atoms with Crippen molar-refractivity contribution in [3.05, 3.63) is 65.5 Å². The molecule has 0 bridgehead atoms. The Balaban J connectivity index is 1.69. The standard InChI is InChI=1S/C23H28N4O2/c1-16(2)14-25-22(28)15-27-20-10-5-4-9-19(20)26-21(27)11-12-24-23(29)18-8-6-7-17(3)13-18/h4-10,13,16H,11-12,14-15H2,1-3H3,(H,24,29)(H,25,28). The first-order chi connectivity index (χ1) is 13.9. The van der Waals surface area contributed by atoms with Crippen molar-refractivity contribution < 1.29 is 9.59 Å². The zero-order valence-electron chi connectivity index (χ0n) is 17.2. The van der Waals surface area contributed by atoms with Crippen LogP contribution in [0, 0.1) is 12.8 Å². The van der Waals surface area contributed by atoms with Gasteiger partial charge in [-0.15, -0.1) is 0 Å². The number of benzene rings is 2. The predicted octanol–water partition coefficient (Wildman–Crippen LogP) is 3.09. The van der Waals surface area contributed by atoms with Gasteiger partial charge in [-0.2, -0.15) is 0 Å². The Morgan fingerprint density at radius 2 is 1.86 bits per heavy atom. The molecule has 0 saturated heterocycles. The van der Waals surface area contributed by atoms with E-state index < -0.39 is 0 Å². The molecule has 29 heavy (non-hydrogen) atoms. The molecule has 2 aromatic carbocycles. The van der Waals surface area contributed by atoms with Crippen molar-refractivity contribution in [2.24, 2.45) is 5.92 Å². The van der Waals surface area contributed by atoms with E-state index in [2.05, 4.69) is 29.5 Å². The minimum absolute atomic E-state index is 0.0353. The van der Waals surface area contributed by atoms with Gasteiger partial charge in [-0.25, -0.2) is 4.98 Å². The minimum Gasteiger partial charge on any atom is -0.354 e. The molecular formula is C23H28N4O2. The summed E-state index contributed by atoms with van der Waals surface area (Å²) in [5, 5.41) is 5.90. The number of para-hydroxylation sites is 2. The normalized spacial score (nSPS) is 11.0. The van der Waals surface area contributed by atoms with Gasteiger partial charge >= 0.3 is 0 Å². The number of hydrogen-bond acceptors (Lipinski definition) is 3. The number of carbonyl (C=O) groups is 2. The van der Waals surface area contributed by atoms with Crippen LogP contribution in [0.4, 0.5) is 0 Å². The number of rotatable bonds is 8. The Morgan fingerprint density at radius 3 is 2.62 bits per heavy atom. The molecule has 0 radical (unpaired) electrons. The summed E-state index contributed by atoms with van der Waals surface area (Å²) in [5.41, 5.74) is 3.47. The summed E-state index contributed by atoms with van der Waals surface area (Å²) in [5.74, 6) is 1.04. The third-order valence-electron chi connectivity index (χ3n) is 4.66. The van der Waals surface area contributed by atoms with E-state index in [0.29, 0.717) is 31.0 Å². The van der Waals surface area contributed by atoms with Crippen LogP contribution in [-0.2, 0) is 17.8 Å². The number of nitrogens with zero attached hydrogens (tertiary/aromatic N) is 2. The van der Waals surface area contributed by atoms with Crippen LogP contribution < -0.4 is 10.6 Å². The van der Waals surface area contributed by atoms with E-state index in [1.807, 2.05) is 54.0 Å². The fraction of sp³-hybridized carbons (Fsp3) is 0.348. The summed E-state index contributed by atoms with van der Waals surface area (Å²) in [6, 6.07) is 15.3. The second-order valence-corrected chi connectivity index (χ2v) is 7.68. The van der Waals surface area contributed by atoms with Gasteiger partial charge in [0.1, 0.15) is 12.4 Å². The largest absolute Gasteiger partial charge is 0.354 e. The lowest BCUT2D eigenvalue weighted by Gasteiger charge is -2.12. The minimum atomic E-state index is -0.106. The van der Waals surface area contributed by atoms with Crippen LogP contribution in [0.25, 0.3) is 11.0 Å². The van der Waals surface area contributed by atoms with Crippen molar-refractivity contribution in [1.82, 2.24) is 20.2 Å². The van der Waals surface area contributed by atoms with Crippen molar-refractivity contribution in [3.63, 3.8) is 0 Å². The van der Waals surface area contributed by atoms with E-state index in [1.165, 1.54) is 0 Å². The van der Waals surface area contributed by atoms with Crippen LogP contribution in [0.3, 0.4) is 0 Å². The molecule has 0 saturated carbocycles. The number of hydrogen-bond donors (Lipinski definition) is 2. The first-order valence-corrected chi connectivity index (χ1v) is 9.99. The molecule has 2 N–H and O–H groups in total. The lowest BCUT2D eigenvalue weighted by atomic mass is 10.1. The smallest absolute Gasteiger partial charge is 0.251 e.